The van der Waals surface area contributed by atoms with Crippen LogP contribution in [0.3, 0.4) is 0 Å². The van der Waals surface area contributed by atoms with E-state index in [-0.39, 0.29) is 85.5 Å². The van der Waals surface area contributed by atoms with E-state index < -0.39 is 168 Å². The van der Waals surface area contributed by atoms with Crippen molar-refractivity contribution >= 4 is 108 Å². The van der Waals surface area contributed by atoms with Crippen molar-refractivity contribution in [2.45, 2.75) is 192 Å². The first kappa shape index (κ1) is 87.6. The molecule has 36 nitrogen and oxygen atoms in total. The van der Waals surface area contributed by atoms with Gasteiger partial charge in [-0.2, -0.15) is 13.5 Å². The molecule has 14 atom stereocenters. The molecular formula is C82H100N12O24S2. The summed E-state index contributed by atoms with van der Waals surface area (Å²) < 4.78 is 58.9. The van der Waals surface area contributed by atoms with Crippen LogP contribution in [-0.4, -0.2) is 267 Å². The van der Waals surface area contributed by atoms with Crippen LogP contribution in [0, 0.1) is 29.1 Å². The summed E-state index contributed by atoms with van der Waals surface area (Å²) in [5.74, 6) is -8.95. The molecular weight excluding hydrogens is 1600 g/mol. The molecule has 4 aliphatic carbocycles. The van der Waals surface area contributed by atoms with E-state index in [1.165, 1.54) is 41.4 Å². The number of rotatable bonds is 35. The zero-order valence-corrected chi connectivity index (χ0v) is 68.7. The van der Waals surface area contributed by atoms with Gasteiger partial charge in [-0.1, -0.05) is 69.4 Å². The first-order valence-corrected chi connectivity index (χ1v) is 42.3. The number of likely N-dealkylation sites (tertiary alicyclic amines) is 1. The Labute approximate surface area is 694 Å². The fourth-order valence-electron chi connectivity index (χ4n) is 19.0. The number of carbonyl (C=O) groups is 10. The minimum Gasteiger partial charge on any atom is -0.479 e. The number of hydrogen-bond donors (Lipinski definition) is 12. The van der Waals surface area contributed by atoms with Gasteiger partial charge in [0.05, 0.1) is 79.0 Å². The molecule has 644 valence electrons. The van der Waals surface area contributed by atoms with Crippen molar-refractivity contribution in [3.05, 3.63) is 130 Å². The number of ether oxygens (including phenoxy) is 4. The number of amides is 8. The number of carbonyl (C=O) groups excluding carboxylic acids is 8. The number of carboxylic acids is 2. The summed E-state index contributed by atoms with van der Waals surface area (Å²) in [6.45, 7) is 9.67. The van der Waals surface area contributed by atoms with Gasteiger partial charge in [-0.15, -0.1) is 0 Å². The molecule has 2 saturated heterocycles. The van der Waals surface area contributed by atoms with E-state index in [1.807, 2.05) is 52.9 Å². The third-order valence-electron chi connectivity index (χ3n) is 24.5. The van der Waals surface area contributed by atoms with Gasteiger partial charge in [0.15, 0.2) is 16.9 Å². The van der Waals surface area contributed by atoms with Gasteiger partial charge in [0.2, 0.25) is 23.6 Å². The first-order valence-electron chi connectivity index (χ1n) is 39.8. The summed E-state index contributed by atoms with van der Waals surface area (Å²) in [4.78, 5) is 149. The Bertz CT molecular complexity index is 5090. The molecule has 3 aromatic carbocycles. The standard InChI is InChI=1S/C82H100N12O24S2/c1-44(2)65(88-62(97)34-92-51(37-115-28-29-120(112,113)114)31-58(74(92)106)94-63(98)20-21-64(94)99)73(105)84-45(3)71(103)85-50-16-14-49(48(30-50)15-18-59-67(100)68(101)69(102)70(118-59)76(109)110)36-116-78(111)90(25-23-52(96)35-95)26-27-117-82-40-79(5)38-80(6,41-82)81(39-79,42-82)43-93-46(4)55(32-83-93)53-17-19-61(87-66(53)75(107)108)91-24-22-47-10-9-11-54(56(47)33-91)72(104)89-77-86-57-12-7-8-13-60(57)119-77/h7-14,16-17,19-21,30,32,44-45,51-52,58-59,65,67-70,95-96,100-102H,15,18,22-29,31,33-43H2,1-6H3,(H,84,105)(H,85,103)(H,88,97)(H,107,108)(H,109,110)(H,86,89,104)(H,112,113,114)/t45-,51-,52-,58-,59-,65-,67-,68+,69-,70-,79?,80?,81?,82?/m0/s1. The molecule has 3 aromatic heterocycles. The number of aliphatic carboxylic acids is 1. The van der Waals surface area contributed by atoms with Gasteiger partial charge < -0.3 is 85.3 Å². The van der Waals surface area contributed by atoms with E-state index in [0.717, 1.165) is 68.3 Å². The SMILES string of the molecule is Cc1c(-c2ccc(N3CCc4cccc(C(=O)Nc5nc6ccccc6s5)c4C3)nc2C(=O)O)cnn1CC12CC3(C)CC(OCCN(CC[C@H](O)CO)C(=O)OCc4ccc(NC(=O)[C@H](C)NC(=O)[C@@H](NC(=O)CN5C(=O)[C@@H](N6C(=O)C=CC6=O)C[C@H]5COCCS(=O)(=O)O)C(C)C)cc4CC[C@@H]4O[C@H](C(=O)O)[C@@H](O)[C@H](O)[C@H]4O)(CC1(C)C3)C2. The summed E-state index contributed by atoms with van der Waals surface area (Å²) in [5.41, 5.74) is 4.17. The summed E-state index contributed by atoms with van der Waals surface area (Å²) in [6, 6.07) is 16.3. The maximum atomic E-state index is 14.5. The van der Waals surface area contributed by atoms with Gasteiger partial charge in [0.1, 0.15) is 48.9 Å². The van der Waals surface area contributed by atoms with Crippen LogP contribution < -0.4 is 26.2 Å². The Kier molecular flexibility index (Phi) is 25.9. The Balaban J connectivity index is 0.659. The molecule has 4 unspecified atom stereocenters. The fraction of sp³-hybridized carbons (Fsp3) is 0.524. The lowest BCUT2D eigenvalue weighted by atomic mass is 9.65. The predicted octanol–water partition coefficient (Wildman–Crippen LogP) is 3.75. The van der Waals surface area contributed by atoms with Gasteiger partial charge in [-0.05, 0) is 159 Å². The monoisotopic (exact) mass is 1700 g/mol. The molecule has 4 saturated carbocycles. The van der Waals surface area contributed by atoms with E-state index in [4.69, 9.17) is 29.0 Å². The highest BCUT2D eigenvalue weighted by molar-refractivity contribution is 7.85. The summed E-state index contributed by atoms with van der Waals surface area (Å²) in [5, 5.41) is 89.7. The summed E-state index contributed by atoms with van der Waals surface area (Å²) >= 11 is 1.38. The maximum absolute atomic E-state index is 14.5. The number of para-hydroxylation sites is 1. The second-order valence-corrected chi connectivity index (χ2v) is 36.1. The number of aromatic carboxylic acids is 1. The van der Waals surface area contributed by atoms with E-state index in [9.17, 15) is 96.7 Å². The average molecular weight is 1700 g/mol. The first-order chi connectivity index (χ1) is 56.9. The minimum absolute atomic E-state index is 0.0192. The number of fused-ring (bicyclic) bond motifs is 2. The largest absolute Gasteiger partial charge is 0.479 e. The van der Waals surface area contributed by atoms with E-state index in [0.29, 0.717) is 77.7 Å². The molecule has 12 N–H and O–H groups in total. The number of hydrogen-bond acceptors (Lipinski definition) is 26. The second-order valence-electron chi connectivity index (χ2n) is 33.5. The normalized spacial score (nSPS) is 25.7. The third kappa shape index (κ3) is 18.8. The highest BCUT2D eigenvalue weighted by atomic mass is 32.2. The van der Waals surface area contributed by atoms with Crippen LogP contribution >= 0.6 is 11.3 Å². The number of nitrogens with one attached hydrogen (secondary N) is 4. The van der Waals surface area contributed by atoms with Crippen molar-refractivity contribution in [3.8, 4) is 11.1 Å². The zero-order valence-electron chi connectivity index (χ0n) is 67.1. The van der Waals surface area contributed by atoms with Gasteiger partial charge in [-0.25, -0.2) is 24.4 Å². The fourth-order valence-corrected chi connectivity index (χ4v) is 20.2. The lowest BCUT2D eigenvalue weighted by Gasteiger charge is -2.46. The predicted molar refractivity (Wildman–Crippen MR) is 430 cm³/mol. The molecule has 7 heterocycles. The van der Waals surface area contributed by atoms with E-state index >= 15 is 0 Å². The average Bonchev–Trinajstić information content (AvgIpc) is 1.50. The van der Waals surface area contributed by atoms with Crippen molar-refractivity contribution in [3.63, 3.8) is 0 Å². The van der Waals surface area contributed by atoms with Crippen LogP contribution in [0.25, 0.3) is 21.3 Å². The Morgan fingerprint density at radius 2 is 1.58 bits per heavy atom. The number of aryl methyl sites for hydroxylation is 1. The lowest BCUT2D eigenvalue weighted by Crippen LogP contribution is -2.59. The van der Waals surface area contributed by atoms with Gasteiger partial charge in [-0.3, -0.25) is 53.0 Å². The zero-order chi connectivity index (χ0) is 86.2. The molecule has 0 radical (unpaired) electrons. The number of pyridine rings is 1. The Hall–Kier alpha value is -10.3. The van der Waals surface area contributed by atoms with Crippen LogP contribution in [0.1, 0.15) is 135 Å². The molecule has 6 fully saturated rings. The van der Waals surface area contributed by atoms with Gasteiger partial charge in [0.25, 0.3) is 27.8 Å². The van der Waals surface area contributed by atoms with Crippen molar-refractivity contribution < 1.29 is 116 Å². The highest BCUT2D eigenvalue weighted by Crippen LogP contribution is 2.78. The van der Waals surface area contributed by atoms with Crippen LogP contribution in [-0.2, 0) is 95.2 Å². The van der Waals surface area contributed by atoms with Crippen LogP contribution in [0.2, 0.25) is 0 Å². The molecule has 6 aromatic rings. The number of imide groups is 1. The van der Waals surface area contributed by atoms with Crippen molar-refractivity contribution in [1.29, 1.82) is 0 Å². The number of aromatic nitrogens is 4. The smallest absolute Gasteiger partial charge is 0.410 e. The summed E-state index contributed by atoms with van der Waals surface area (Å²) in [6.07, 6.45) is -3.46. The quantitative estimate of drug-likeness (QED) is 0.0153. The Morgan fingerprint density at radius 1 is 0.825 bits per heavy atom. The topological polar surface area (TPSA) is 508 Å². The molecule has 14 rings (SSSR count). The number of thiazole rings is 1. The van der Waals surface area contributed by atoms with Gasteiger partial charge in [0, 0.05) is 79.4 Å². The highest BCUT2D eigenvalue weighted by Gasteiger charge is 2.74. The van der Waals surface area contributed by atoms with Crippen LogP contribution in [0.5, 0.6) is 0 Å². The number of aliphatic hydroxyl groups is 5. The third-order valence-corrected chi connectivity index (χ3v) is 26.1. The molecule has 4 aliphatic heterocycles. The van der Waals surface area contributed by atoms with Crippen molar-refractivity contribution in [2.24, 2.45) is 22.2 Å². The van der Waals surface area contributed by atoms with Crippen LogP contribution in [0.4, 0.5) is 21.4 Å². The van der Waals surface area contributed by atoms with E-state index in [2.05, 4.69) is 40.1 Å². The number of carboxylic acid groups (broad SMARTS) is 2. The molecule has 0 spiro atoms. The van der Waals surface area contributed by atoms with Crippen molar-refractivity contribution in [2.75, 3.05) is 73.9 Å². The molecule has 8 amide bonds. The number of anilines is 3. The van der Waals surface area contributed by atoms with E-state index in [1.54, 1.807) is 38.2 Å². The number of benzene rings is 3. The number of aliphatic hydroxyl groups excluding tert-OH is 5. The maximum Gasteiger partial charge on any atom is 0.410 e. The molecule has 38 heteroatoms. The second kappa shape index (κ2) is 35.4. The molecule has 4 bridgehead atoms. The number of nitrogens with zero attached hydrogens (tertiary/aromatic N) is 8. The Morgan fingerprint density at radius 3 is 2.30 bits per heavy atom. The molecule has 120 heavy (non-hydrogen) atoms. The lowest BCUT2D eigenvalue weighted by molar-refractivity contribution is -0.228. The molecule has 8 aliphatic rings. The van der Waals surface area contributed by atoms with Gasteiger partial charge >= 0.3 is 18.0 Å². The summed E-state index contributed by atoms with van der Waals surface area (Å²) in [7, 11) is -4.43. The minimum atomic E-state index is -4.43. The van der Waals surface area contributed by atoms with Crippen LogP contribution in [0.15, 0.2) is 91.1 Å². The van der Waals surface area contributed by atoms with Crippen molar-refractivity contribution in [1.82, 2.24) is 45.1 Å².